The van der Waals surface area contributed by atoms with Gasteiger partial charge < -0.3 is 16.0 Å². The molecule has 0 radical (unpaired) electrons. The number of anilines is 2. The molecule has 0 spiro atoms. The highest BCUT2D eigenvalue weighted by atomic mass is 19.1. The van der Waals surface area contributed by atoms with E-state index in [1.54, 1.807) is 6.07 Å². The molecule has 1 aromatic carbocycles. The molecule has 10 nitrogen and oxygen atoms in total. The molecule has 6 rings (SSSR count). The summed E-state index contributed by atoms with van der Waals surface area (Å²) in [5.74, 6) is -0.169. The van der Waals surface area contributed by atoms with Crippen LogP contribution in [0.1, 0.15) is 59.4 Å². The van der Waals surface area contributed by atoms with Gasteiger partial charge in [0.25, 0.3) is 5.91 Å². The summed E-state index contributed by atoms with van der Waals surface area (Å²) in [7, 11) is 0. The van der Waals surface area contributed by atoms with Gasteiger partial charge in [0.15, 0.2) is 5.82 Å². The first-order valence-corrected chi connectivity index (χ1v) is 13.2. The van der Waals surface area contributed by atoms with Crippen LogP contribution in [-0.2, 0) is 13.1 Å². The monoisotopic (exact) mass is 518 g/mol. The average Bonchev–Trinajstić information content (AvgIpc) is 2.87. The lowest BCUT2D eigenvalue weighted by Crippen LogP contribution is -2.46. The summed E-state index contributed by atoms with van der Waals surface area (Å²) in [6.45, 7) is 7.52. The van der Waals surface area contributed by atoms with Crippen LogP contribution in [0.25, 0.3) is 10.9 Å². The van der Waals surface area contributed by atoms with E-state index in [1.165, 1.54) is 10.9 Å². The number of amides is 1. The lowest BCUT2D eigenvalue weighted by atomic mass is 9.79. The molecular weight excluding hydrogens is 487 g/mol. The predicted octanol–water partition coefficient (Wildman–Crippen LogP) is 3.03. The van der Waals surface area contributed by atoms with Crippen molar-refractivity contribution in [2.45, 2.75) is 52.1 Å². The lowest BCUT2D eigenvalue weighted by molar-refractivity contribution is 0.0993. The minimum atomic E-state index is -0.503. The number of primary amides is 1. The van der Waals surface area contributed by atoms with Crippen LogP contribution in [0, 0.1) is 12.7 Å². The van der Waals surface area contributed by atoms with Crippen molar-refractivity contribution in [3.63, 3.8) is 0 Å². The minimum absolute atomic E-state index is 0.0601. The molecule has 0 bridgehead atoms. The number of nitrogens with zero attached hydrogens (tertiary/aromatic N) is 6. The Kier molecular flexibility index (Phi) is 6.10. The van der Waals surface area contributed by atoms with Crippen molar-refractivity contribution in [2.24, 2.45) is 10.7 Å². The number of hydrogen-bond acceptors (Lipinski definition) is 8. The Labute approximate surface area is 219 Å². The summed E-state index contributed by atoms with van der Waals surface area (Å²) < 4.78 is 17.1. The van der Waals surface area contributed by atoms with Gasteiger partial charge in [-0.25, -0.2) is 19.2 Å². The Morgan fingerprint density at radius 3 is 2.61 bits per heavy atom. The Morgan fingerprint density at radius 2 is 1.95 bits per heavy atom. The molecule has 3 aliphatic rings. The quantitative estimate of drug-likeness (QED) is 0.514. The number of carbonyl (C=O) groups excluding carboxylic acids is 1. The normalized spacial score (nSPS) is 17.5. The van der Waals surface area contributed by atoms with Gasteiger partial charge in [-0.2, -0.15) is 4.98 Å². The van der Waals surface area contributed by atoms with Crippen molar-refractivity contribution in [3.05, 3.63) is 50.9 Å². The van der Waals surface area contributed by atoms with Crippen molar-refractivity contribution in [2.75, 3.05) is 36.4 Å². The Hall–Kier alpha value is -3.86. The van der Waals surface area contributed by atoms with E-state index in [0.29, 0.717) is 47.2 Å². The second-order valence-corrected chi connectivity index (χ2v) is 10.3. The number of piperazine rings is 1. The van der Waals surface area contributed by atoms with Crippen LogP contribution in [0.3, 0.4) is 0 Å². The molecule has 4 heterocycles. The summed E-state index contributed by atoms with van der Waals surface area (Å²) in [6.07, 6.45) is 4.80. The first kappa shape index (κ1) is 24.5. The molecule has 38 heavy (non-hydrogen) atoms. The number of nitrogens with two attached hydrogens (primary N) is 1. The van der Waals surface area contributed by atoms with E-state index in [-0.39, 0.29) is 5.52 Å². The van der Waals surface area contributed by atoms with E-state index < -0.39 is 17.4 Å². The molecule has 11 heteroatoms. The highest BCUT2D eigenvalue weighted by Gasteiger charge is 2.29. The Morgan fingerprint density at radius 1 is 1.18 bits per heavy atom. The van der Waals surface area contributed by atoms with Crippen molar-refractivity contribution >= 4 is 40.3 Å². The number of aliphatic imine (C=N–C) groups is 1. The van der Waals surface area contributed by atoms with E-state index in [1.807, 2.05) is 13.8 Å². The van der Waals surface area contributed by atoms with Crippen LogP contribution in [0.5, 0.6) is 0 Å². The lowest BCUT2D eigenvalue weighted by Gasteiger charge is -2.37. The van der Waals surface area contributed by atoms with E-state index in [2.05, 4.69) is 36.1 Å². The fourth-order valence-corrected chi connectivity index (χ4v) is 5.77. The van der Waals surface area contributed by atoms with Gasteiger partial charge in [0, 0.05) is 44.8 Å². The largest absolute Gasteiger partial charge is 0.367 e. The van der Waals surface area contributed by atoms with Gasteiger partial charge in [-0.15, -0.1) is 0 Å². The zero-order chi connectivity index (χ0) is 26.6. The number of hydrogen-bond donors (Lipinski definition) is 2. The topological polar surface area (TPSA) is 122 Å². The zero-order valence-electron chi connectivity index (χ0n) is 21.6. The van der Waals surface area contributed by atoms with Gasteiger partial charge in [-0.3, -0.25) is 14.3 Å². The number of benzene rings is 1. The third kappa shape index (κ3) is 4.01. The molecule has 1 saturated carbocycles. The van der Waals surface area contributed by atoms with Crippen LogP contribution < -0.4 is 21.6 Å². The van der Waals surface area contributed by atoms with Crippen LogP contribution in [0.4, 0.5) is 21.6 Å². The van der Waals surface area contributed by atoms with E-state index in [9.17, 15) is 9.59 Å². The maximum atomic E-state index is 15.6. The first-order chi connectivity index (χ1) is 18.4. The molecule has 198 valence electrons. The van der Waals surface area contributed by atoms with Gasteiger partial charge in [0.05, 0.1) is 28.8 Å². The molecule has 1 amide bonds. The van der Waals surface area contributed by atoms with Crippen LogP contribution >= 0.6 is 0 Å². The minimum Gasteiger partial charge on any atom is -0.367 e. The van der Waals surface area contributed by atoms with Crippen molar-refractivity contribution in [1.29, 1.82) is 0 Å². The predicted molar refractivity (Wildman–Crippen MR) is 145 cm³/mol. The molecule has 3 N–H and O–H groups in total. The van der Waals surface area contributed by atoms with Gasteiger partial charge in [0.1, 0.15) is 17.0 Å². The number of aryl methyl sites for hydroxylation is 1. The highest BCUT2D eigenvalue weighted by molar-refractivity contribution is 6.06. The average molecular weight is 519 g/mol. The van der Waals surface area contributed by atoms with Crippen LogP contribution in [0.15, 0.2) is 21.9 Å². The van der Waals surface area contributed by atoms with Gasteiger partial charge in [0.2, 0.25) is 0 Å². The molecule has 0 unspecified atom stereocenters. The number of pyridine rings is 1. The van der Waals surface area contributed by atoms with Gasteiger partial charge in [-0.1, -0.05) is 6.42 Å². The number of carbonyl (C=O) groups is 1. The number of halogens is 1. The number of aromatic nitrogens is 3. The summed E-state index contributed by atoms with van der Waals surface area (Å²) >= 11 is 0. The maximum Gasteiger partial charge on any atom is 0.349 e. The molecule has 0 atom stereocenters. The fourth-order valence-electron chi connectivity index (χ4n) is 5.77. The smallest absolute Gasteiger partial charge is 0.349 e. The molecule has 2 aromatic heterocycles. The van der Waals surface area contributed by atoms with Crippen LogP contribution in [0.2, 0.25) is 0 Å². The summed E-state index contributed by atoms with van der Waals surface area (Å²) in [5.41, 5.74) is 9.57. The van der Waals surface area contributed by atoms with Gasteiger partial charge in [-0.05, 0) is 50.3 Å². The molecule has 3 aromatic rings. The molecule has 1 saturated heterocycles. The SMILES string of the molecule is CCn1c2c3c(cc(CN4CCN(c5cc(C6CCC6)c(C(N)=O)nc5C)CC4)c(F)c3nc1=O)NC=N2. The summed E-state index contributed by atoms with van der Waals surface area (Å²) in [5, 5.41) is 3.63. The Balaban J connectivity index is 1.23. The van der Waals surface area contributed by atoms with Crippen molar-refractivity contribution in [1.82, 2.24) is 19.4 Å². The van der Waals surface area contributed by atoms with Gasteiger partial charge >= 0.3 is 5.69 Å². The third-order valence-electron chi connectivity index (χ3n) is 8.06. The highest BCUT2D eigenvalue weighted by Crippen LogP contribution is 2.40. The van der Waals surface area contributed by atoms with E-state index in [4.69, 9.17) is 5.73 Å². The summed E-state index contributed by atoms with van der Waals surface area (Å²) in [6, 6.07) is 3.90. The first-order valence-electron chi connectivity index (χ1n) is 13.2. The van der Waals surface area contributed by atoms with E-state index in [0.717, 1.165) is 62.4 Å². The standard InChI is InChI=1S/C27H31FN8O2/c1-3-36-26-21-19(30-14-31-26)11-17(22(28)24(21)33-27(36)38)13-34-7-9-35(10-8-34)20-12-18(16-5-4-6-16)23(25(29)37)32-15(20)2/h11-12,14,16H,3-10,13H2,1-2H3,(H2,29,37)(H,30,31). The van der Waals surface area contributed by atoms with Crippen molar-refractivity contribution in [3.8, 4) is 0 Å². The van der Waals surface area contributed by atoms with Crippen LogP contribution in [-0.4, -0.2) is 57.9 Å². The maximum absolute atomic E-state index is 15.6. The molecular formula is C27H31FN8O2. The second-order valence-electron chi connectivity index (χ2n) is 10.3. The van der Waals surface area contributed by atoms with Crippen molar-refractivity contribution < 1.29 is 9.18 Å². The third-order valence-corrected chi connectivity index (χ3v) is 8.06. The number of rotatable bonds is 6. The fraction of sp³-hybridized carbons (Fsp3) is 0.444. The summed E-state index contributed by atoms with van der Waals surface area (Å²) in [4.78, 5) is 42.0. The number of nitrogens with one attached hydrogen (secondary N) is 1. The molecule has 2 fully saturated rings. The second kappa shape index (κ2) is 9.46. The Bertz CT molecular complexity index is 1540. The molecule has 1 aliphatic carbocycles. The van der Waals surface area contributed by atoms with E-state index >= 15 is 4.39 Å². The zero-order valence-corrected chi connectivity index (χ0v) is 21.6. The molecule has 2 aliphatic heterocycles.